The van der Waals surface area contributed by atoms with Crippen molar-refractivity contribution in [2.24, 2.45) is 0 Å². The fourth-order valence-electron chi connectivity index (χ4n) is 4.34. The van der Waals surface area contributed by atoms with Gasteiger partial charge in [-0.2, -0.15) is 0 Å². The molecule has 2 aromatic carbocycles. The second-order valence-electron chi connectivity index (χ2n) is 8.28. The van der Waals surface area contributed by atoms with Gasteiger partial charge in [0.1, 0.15) is 5.76 Å². The van der Waals surface area contributed by atoms with E-state index >= 15 is 0 Å². The molecule has 1 saturated carbocycles. The first kappa shape index (κ1) is 21.5. The first-order valence-electron chi connectivity index (χ1n) is 11.2. The Morgan fingerprint density at radius 3 is 2.76 bits per heavy atom. The Kier molecular flexibility index (Phi) is 6.30. The van der Waals surface area contributed by atoms with E-state index in [-0.39, 0.29) is 17.5 Å². The van der Waals surface area contributed by atoms with Crippen LogP contribution in [0.5, 0.6) is 0 Å². The van der Waals surface area contributed by atoms with Crippen LogP contribution in [0.15, 0.2) is 81.3 Å². The highest BCUT2D eigenvalue weighted by molar-refractivity contribution is 7.98. The quantitative estimate of drug-likeness (QED) is 0.299. The van der Waals surface area contributed by atoms with Gasteiger partial charge in [0, 0.05) is 17.4 Å². The molecule has 0 saturated heterocycles. The van der Waals surface area contributed by atoms with Crippen LogP contribution < -0.4 is 10.9 Å². The van der Waals surface area contributed by atoms with E-state index in [9.17, 15) is 9.59 Å². The second kappa shape index (κ2) is 9.67. The molecule has 33 heavy (non-hydrogen) atoms. The molecule has 0 radical (unpaired) electrons. The molecule has 2 heterocycles. The summed E-state index contributed by atoms with van der Waals surface area (Å²) < 4.78 is 7.17. The molecule has 0 aliphatic heterocycles. The largest absolute Gasteiger partial charge is 0.467 e. The topological polar surface area (TPSA) is 77.1 Å². The molecule has 2 aromatic heterocycles. The highest BCUT2D eigenvalue weighted by atomic mass is 32.2. The molecule has 0 spiro atoms. The number of nitrogens with zero attached hydrogens (tertiary/aromatic N) is 2. The average Bonchev–Trinajstić information content (AvgIpc) is 3.56. The third-order valence-corrected chi connectivity index (χ3v) is 7.05. The van der Waals surface area contributed by atoms with E-state index < -0.39 is 0 Å². The minimum Gasteiger partial charge on any atom is -0.467 e. The second-order valence-corrected chi connectivity index (χ2v) is 9.22. The molecule has 0 bridgehead atoms. The number of fused-ring (bicyclic) bond motifs is 1. The van der Waals surface area contributed by atoms with Gasteiger partial charge in [0.25, 0.3) is 11.5 Å². The van der Waals surface area contributed by atoms with Crippen molar-refractivity contribution in [1.82, 2.24) is 14.9 Å². The van der Waals surface area contributed by atoms with Gasteiger partial charge in [0.15, 0.2) is 5.16 Å². The van der Waals surface area contributed by atoms with Gasteiger partial charge in [0.2, 0.25) is 0 Å². The van der Waals surface area contributed by atoms with Gasteiger partial charge in [-0.05, 0) is 54.8 Å². The van der Waals surface area contributed by atoms with Gasteiger partial charge >= 0.3 is 0 Å². The van der Waals surface area contributed by atoms with Gasteiger partial charge in [-0.3, -0.25) is 14.2 Å². The van der Waals surface area contributed by atoms with Gasteiger partial charge in [-0.25, -0.2) is 4.98 Å². The zero-order valence-corrected chi connectivity index (χ0v) is 19.0. The first-order valence-corrected chi connectivity index (χ1v) is 12.2. The number of para-hydroxylation sites is 1. The minimum absolute atomic E-state index is 0.0426. The predicted octanol–water partition coefficient (Wildman–Crippen LogP) is 5.33. The predicted molar refractivity (Wildman–Crippen MR) is 129 cm³/mol. The zero-order chi connectivity index (χ0) is 22.6. The average molecular weight is 460 g/mol. The molecule has 168 valence electrons. The van der Waals surface area contributed by atoms with Crippen molar-refractivity contribution in [3.05, 3.63) is 94.2 Å². The fraction of sp³-hybridized carbons (Fsp3) is 0.269. The lowest BCUT2D eigenvalue weighted by Crippen LogP contribution is -2.26. The third-order valence-electron chi connectivity index (χ3n) is 6.03. The number of amides is 1. The normalized spacial score (nSPS) is 14.1. The molecule has 1 aliphatic carbocycles. The Morgan fingerprint density at radius 1 is 1.09 bits per heavy atom. The number of thioether (sulfide) groups is 1. The van der Waals surface area contributed by atoms with Crippen LogP contribution in [0.2, 0.25) is 0 Å². The van der Waals surface area contributed by atoms with Crippen LogP contribution in [0.3, 0.4) is 0 Å². The highest BCUT2D eigenvalue weighted by Crippen LogP contribution is 2.33. The van der Waals surface area contributed by atoms with Crippen molar-refractivity contribution in [3.8, 4) is 0 Å². The lowest BCUT2D eigenvalue weighted by molar-refractivity contribution is 0.0948. The summed E-state index contributed by atoms with van der Waals surface area (Å²) >= 11 is 1.55. The number of carbonyl (C=O) groups excluding carboxylic acids is 1. The summed E-state index contributed by atoms with van der Waals surface area (Å²) in [5.74, 6) is 1.18. The lowest BCUT2D eigenvalue weighted by atomic mass is 10.1. The number of hydrogen-bond acceptors (Lipinski definition) is 5. The molecule has 1 amide bonds. The third kappa shape index (κ3) is 4.73. The van der Waals surface area contributed by atoms with E-state index in [4.69, 9.17) is 9.40 Å². The maximum Gasteiger partial charge on any atom is 0.262 e. The molecule has 4 aromatic rings. The van der Waals surface area contributed by atoms with E-state index in [1.807, 2.05) is 53.1 Å². The van der Waals surface area contributed by atoms with Gasteiger partial charge in [-0.15, -0.1) is 0 Å². The molecule has 6 nitrogen and oxygen atoms in total. The van der Waals surface area contributed by atoms with Gasteiger partial charge in [0.05, 0.1) is 23.7 Å². The standard InChI is InChI=1S/C26H25N3O3S/c30-24(27-16-21-11-6-14-32-21)19-8-5-7-18(15-19)17-33-26-28-23-13-4-3-12-22(23)25(31)29(26)20-9-1-2-10-20/h3-8,11-15,20H,1-2,9-10,16-17H2,(H,27,30). The van der Waals surface area contributed by atoms with Crippen molar-refractivity contribution in [2.45, 2.75) is 49.2 Å². The summed E-state index contributed by atoms with van der Waals surface area (Å²) in [5, 5.41) is 4.30. The zero-order valence-electron chi connectivity index (χ0n) is 18.2. The summed E-state index contributed by atoms with van der Waals surface area (Å²) in [4.78, 5) is 30.7. The van der Waals surface area contributed by atoms with E-state index in [1.54, 1.807) is 30.2 Å². The van der Waals surface area contributed by atoms with Crippen molar-refractivity contribution in [3.63, 3.8) is 0 Å². The first-order chi connectivity index (χ1) is 16.2. The molecule has 5 rings (SSSR count). The lowest BCUT2D eigenvalue weighted by Gasteiger charge is -2.18. The Balaban J connectivity index is 1.36. The maximum atomic E-state index is 13.3. The fourth-order valence-corrected chi connectivity index (χ4v) is 5.35. The summed E-state index contributed by atoms with van der Waals surface area (Å²) in [6.45, 7) is 0.347. The number of aromatic nitrogens is 2. The molecular weight excluding hydrogens is 434 g/mol. The molecule has 1 aliphatic rings. The van der Waals surface area contributed by atoms with E-state index in [0.717, 1.165) is 41.9 Å². The van der Waals surface area contributed by atoms with Crippen LogP contribution in [-0.2, 0) is 12.3 Å². The summed E-state index contributed by atoms with van der Waals surface area (Å²) in [6, 6.07) is 18.9. The molecule has 7 heteroatoms. The van der Waals surface area contributed by atoms with Crippen molar-refractivity contribution in [2.75, 3.05) is 0 Å². The molecule has 0 unspecified atom stereocenters. The van der Waals surface area contributed by atoms with Crippen molar-refractivity contribution < 1.29 is 9.21 Å². The van der Waals surface area contributed by atoms with Crippen LogP contribution in [0, 0.1) is 0 Å². The van der Waals surface area contributed by atoms with Crippen molar-refractivity contribution >= 4 is 28.6 Å². The Morgan fingerprint density at radius 2 is 1.94 bits per heavy atom. The SMILES string of the molecule is O=C(NCc1ccco1)c1cccc(CSc2nc3ccccc3c(=O)n2C2CCCC2)c1. The van der Waals surface area contributed by atoms with Gasteiger partial charge < -0.3 is 9.73 Å². The smallest absolute Gasteiger partial charge is 0.262 e. The number of furan rings is 1. The highest BCUT2D eigenvalue weighted by Gasteiger charge is 2.23. The van der Waals surface area contributed by atoms with Crippen LogP contribution >= 0.6 is 11.8 Å². The van der Waals surface area contributed by atoms with E-state index in [1.165, 1.54) is 0 Å². The van der Waals surface area contributed by atoms with Crippen molar-refractivity contribution in [1.29, 1.82) is 0 Å². The summed E-state index contributed by atoms with van der Waals surface area (Å²) in [7, 11) is 0. The number of hydrogen-bond donors (Lipinski definition) is 1. The van der Waals surface area contributed by atoms with Crippen LogP contribution in [0.4, 0.5) is 0 Å². The molecule has 0 atom stereocenters. The number of rotatable bonds is 7. The Labute approximate surface area is 196 Å². The van der Waals surface area contributed by atoms with Crippen LogP contribution in [0.1, 0.15) is 53.4 Å². The molecule has 1 N–H and O–H groups in total. The summed E-state index contributed by atoms with van der Waals surface area (Å²) in [6.07, 6.45) is 5.90. The number of benzene rings is 2. The van der Waals surface area contributed by atoms with Crippen LogP contribution in [0.25, 0.3) is 10.9 Å². The number of carbonyl (C=O) groups is 1. The maximum absolute atomic E-state index is 13.3. The van der Waals surface area contributed by atoms with E-state index in [2.05, 4.69) is 5.32 Å². The summed E-state index contributed by atoms with van der Waals surface area (Å²) in [5.41, 5.74) is 2.37. The monoisotopic (exact) mass is 459 g/mol. The minimum atomic E-state index is -0.148. The molecule has 1 fully saturated rings. The van der Waals surface area contributed by atoms with E-state index in [0.29, 0.717) is 29.0 Å². The van der Waals surface area contributed by atoms with Crippen LogP contribution in [-0.4, -0.2) is 15.5 Å². The number of nitrogens with one attached hydrogen (secondary N) is 1. The van der Waals surface area contributed by atoms with Gasteiger partial charge in [-0.1, -0.05) is 48.9 Å². The molecular formula is C26H25N3O3S. The Bertz CT molecular complexity index is 1320. The Hall–Kier alpha value is -3.32.